The number of hydrogen-bond donors (Lipinski definition) is 0. The summed E-state index contributed by atoms with van der Waals surface area (Å²) in [6.45, 7) is 1.49. The van der Waals surface area contributed by atoms with Crippen molar-refractivity contribution in [2.24, 2.45) is 0 Å². The molecule has 1 aromatic rings. The summed E-state index contributed by atoms with van der Waals surface area (Å²) in [6.07, 6.45) is 5.79. The number of amides is 1. The van der Waals surface area contributed by atoms with Crippen LogP contribution in [0.3, 0.4) is 0 Å². The van der Waals surface area contributed by atoms with Gasteiger partial charge in [-0.2, -0.15) is 0 Å². The highest BCUT2D eigenvalue weighted by Crippen LogP contribution is 2.43. The molecule has 3 rings (SSSR count). The minimum absolute atomic E-state index is 0.185. The highest BCUT2D eigenvalue weighted by molar-refractivity contribution is 5.88. The molecule has 0 spiro atoms. The zero-order valence-electron chi connectivity index (χ0n) is 13.2. The zero-order valence-corrected chi connectivity index (χ0v) is 13.2. The highest BCUT2D eigenvalue weighted by atomic mass is 19.1. The fraction of sp³-hybridized carbons (Fsp3) is 0.611. The van der Waals surface area contributed by atoms with E-state index in [0.29, 0.717) is 0 Å². The van der Waals surface area contributed by atoms with Crippen LogP contribution in [0.1, 0.15) is 44.1 Å². The van der Waals surface area contributed by atoms with Crippen molar-refractivity contribution in [3.63, 3.8) is 0 Å². The van der Waals surface area contributed by atoms with Gasteiger partial charge in [0.2, 0.25) is 5.91 Å². The summed E-state index contributed by atoms with van der Waals surface area (Å²) in [4.78, 5) is 15.2. The Hall–Kier alpha value is -1.42. The summed E-state index contributed by atoms with van der Waals surface area (Å²) in [6, 6.07) is 6.62. The standard InChI is InChI=1S/C18H24FNO2/c1-22-16-7-11-20(12-8-16)17(21)18(9-2-3-10-18)14-5-4-6-15(19)13-14/h4-6,13,16H,2-3,7-12H2,1H3. The number of rotatable bonds is 3. The van der Waals surface area contributed by atoms with Gasteiger partial charge in [0.1, 0.15) is 5.82 Å². The van der Waals surface area contributed by atoms with Crippen LogP contribution in [0.2, 0.25) is 0 Å². The van der Waals surface area contributed by atoms with Gasteiger partial charge < -0.3 is 9.64 Å². The fourth-order valence-electron chi connectivity index (χ4n) is 3.99. The Morgan fingerprint density at radius 3 is 2.55 bits per heavy atom. The van der Waals surface area contributed by atoms with Crippen LogP contribution in [-0.2, 0) is 14.9 Å². The Kier molecular flexibility index (Phi) is 4.48. The molecule has 3 nitrogen and oxygen atoms in total. The molecule has 2 aliphatic rings. The molecular formula is C18H24FNO2. The number of ether oxygens (including phenoxy) is 1. The van der Waals surface area contributed by atoms with E-state index in [2.05, 4.69) is 0 Å². The summed E-state index contributed by atoms with van der Waals surface area (Å²) < 4.78 is 19.0. The minimum atomic E-state index is -0.512. The third kappa shape index (κ3) is 2.76. The molecule has 0 radical (unpaired) electrons. The van der Waals surface area contributed by atoms with Crippen LogP contribution in [0.5, 0.6) is 0 Å². The Morgan fingerprint density at radius 2 is 1.95 bits per heavy atom. The number of benzene rings is 1. The maximum atomic E-state index is 13.7. The van der Waals surface area contributed by atoms with Crippen molar-refractivity contribution in [3.8, 4) is 0 Å². The lowest BCUT2D eigenvalue weighted by atomic mass is 9.77. The molecule has 0 atom stereocenters. The van der Waals surface area contributed by atoms with Gasteiger partial charge in [0.05, 0.1) is 11.5 Å². The molecular weight excluding hydrogens is 281 g/mol. The molecule has 22 heavy (non-hydrogen) atoms. The van der Waals surface area contributed by atoms with Gasteiger partial charge in [-0.25, -0.2) is 4.39 Å². The molecule has 0 bridgehead atoms. The maximum absolute atomic E-state index is 13.7. The van der Waals surface area contributed by atoms with E-state index in [-0.39, 0.29) is 17.8 Å². The average molecular weight is 305 g/mol. The van der Waals surface area contributed by atoms with Crippen LogP contribution >= 0.6 is 0 Å². The molecule has 1 amide bonds. The second kappa shape index (κ2) is 6.37. The van der Waals surface area contributed by atoms with E-state index in [9.17, 15) is 9.18 Å². The first kappa shape index (κ1) is 15.5. The van der Waals surface area contributed by atoms with Gasteiger partial charge in [0, 0.05) is 20.2 Å². The van der Waals surface area contributed by atoms with Crippen LogP contribution in [-0.4, -0.2) is 37.1 Å². The lowest BCUT2D eigenvalue weighted by Gasteiger charge is -2.38. The third-order valence-corrected chi connectivity index (χ3v) is 5.31. The molecule has 1 aliphatic carbocycles. The molecule has 1 saturated heterocycles. The van der Waals surface area contributed by atoms with Gasteiger partial charge in [0.15, 0.2) is 0 Å². The Labute approximate surface area is 131 Å². The van der Waals surface area contributed by atoms with E-state index in [1.807, 2.05) is 11.0 Å². The lowest BCUT2D eigenvalue weighted by molar-refractivity contribution is -0.139. The highest BCUT2D eigenvalue weighted by Gasteiger charge is 2.45. The van der Waals surface area contributed by atoms with Crippen molar-refractivity contribution < 1.29 is 13.9 Å². The first-order chi connectivity index (χ1) is 10.7. The van der Waals surface area contributed by atoms with Crippen LogP contribution in [0, 0.1) is 5.82 Å². The summed E-state index contributed by atoms with van der Waals surface area (Å²) in [5, 5.41) is 0. The molecule has 1 aliphatic heterocycles. The van der Waals surface area contributed by atoms with E-state index in [0.717, 1.165) is 57.2 Å². The number of nitrogens with zero attached hydrogens (tertiary/aromatic N) is 1. The molecule has 1 aromatic carbocycles. The number of halogens is 1. The van der Waals surface area contributed by atoms with Crippen LogP contribution in [0.25, 0.3) is 0 Å². The SMILES string of the molecule is COC1CCN(C(=O)C2(c3cccc(F)c3)CCCC2)CC1. The third-order valence-electron chi connectivity index (χ3n) is 5.31. The van der Waals surface area contributed by atoms with Crippen molar-refractivity contribution in [3.05, 3.63) is 35.6 Å². The minimum Gasteiger partial charge on any atom is -0.381 e. The van der Waals surface area contributed by atoms with Gasteiger partial charge in [-0.05, 0) is 43.4 Å². The van der Waals surface area contributed by atoms with Crippen molar-refractivity contribution in [1.82, 2.24) is 4.90 Å². The predicted molar refractivity (Wildman–Crippen MR) is 83.2 cm³/mol. The van der Waals surface area contributed by atoms with Gasteiger partial charge in [-0.3, -0.25) is 4.79 Å². The largest absolute Gasteiger partial charge is 0.381 e. The molecule has 0 aromatic heterocycles. The van der Waals surface area contributed by atoms with Crippen molar-refractivity contribution >= 4 is 5.91 Å². The van der Waals surface area contributed by atoms with Crippen molar-refractivity contribution in [1.29, 1.82) is 0 Å². The Morgan fingerprint density at radius 1 is 1.27 bits per heavy atom. The van der Waals surface area contributed by atoms with Crippen LogP contribution in [0.4, 0.5) is 4.39 Å². The summed E-state index contributed by atoms with van der Waals surface area (Å²) in [7, 11) is 1.73. The molecule has 1 heterocycles. The lowest BCUT2D eigenvalue weighted by Crippen LogP contribution is -2.49. The first-order valence-corrected chi connectivity index (χ1v) is 8.24. The molecule has 2 fully saturated rings. The molecule has 0 N–H and O–H groups in total. The summed E-state index contributed by atoms with van der Waals surface area (Å²) >= 11 is 0. The van der Waals surface area contributed by atoms with Crippen LogP contribution < -0.4 is 0 Å². The van der Waals surface area contributed by atoms with E-state index in [1.54, 1.807) is 19.2 Å². The van der Waals surface area contributed by atoms with E-state index >= 15 is 0 Å². The molecule has 4 heteroatoms. The fourth-order valence-corrected chi connectivity index (χ4v) is 3.99. The number of hydrogen-bond acceptors (Lipinski definition) is 2. The number of likely N-dealkylation sites (tertiary alicyclic amines) is 1. The first-order valence-electron chi connectivity index (χ1n) is 8.24. The number of carbonyl (C=O) groups excluding carboxylic acids is 1. The van der Waals surface area contributed by atoms with Gasteiger partial charge in [-0.15, -0.1) is 0 Å². The smallest absolute Gasteiger partial charge is 0.233 e. The Bertz CT molecular complexity index is 532. The number of methoxy groups -OCH3 is 1. The van der Waals surface area contributed by atoms with E-state index in [4.69, 9.17) is 4.74 Å². The molecule has 1 saturated carbocycles. The topological polar surface area (TPSA) is 29.5 Å². The van der Waals surface area contributed by atoms with E-state index in [1.165, 1.54) is 6.07 Å². The van der Waals surface area contributed by atoms with Crippen molar-refractivity contribution in [2.45, 2.75) is 50.0 Å². The van der Waals surface area contributed by atoms with Gasteiger partial charge >= 0.3 is 0 Å². The molecule has 120 valence electrons. The van der Waals surface area contributed by atoms with E-state index < -0.39 is 5.41 Å². The average Bonchev–Trinajstić information content (AvgIpc) is 3.05. The molecule has 0 unspecified atom stereocenters. The maximum Gasteiger partial charge on any atom is 0.233 e. The second-order valence-electron chi connectivity index (χ2n) is 6.53. The number of carbonyl (C=O) groups is 1. The quantitative estimate of drug-likeness (QED) is 0.858. The summed E-state index contributed by atoms with van der Waals surface area (Å²) in [5.41, 5.74) is 0.339. The zero-order chi connectivity index (χ0) is 15.6. The summed E-state index contributed by atoms with van der Waals surface area (Å²) in [5.74, 6) is -0.0696. The normalized spacial score (nSPS) is 22.0. The van der Waals surface area contributed by atoms with Crippen molar-refractivity contribution in [2.75, 3.05) is 20.2 Å². The van der Waals surface area contributed by atoms with Gasteiger partial charge in [0.25, 0.3) is 0 Å². The van der Waals surface area contributed by atoms with Gasteiger partial charge in [-0.1, -0.05) is 25.0 Å². The van der Waals surface area contributed by atoms with Crippen LogP contribution in [0.15, 0.2) is 24.3 Å². The predicted octanol–water partition coefficient (Wildman–Crippen LogP) is 3.27. The number of piperidine rings is 1. The second-order valence-corrected chi connectivity index (χ2v) is 6.53. The Balaban J connectivity index is 1.83. The monoisotopic (exact) mass is 305 g/mol.